The minimum atomic E-state index is -0.514. The molecule has 0 unspecified atom stereocenters. The fourth-order valence-electron chi connectivity index (χ4n) is 1.51. The van der Waals surface area contributed by atoms with Crippen LogP contribution in [-0.2, 0) is 16.0 Å². The molecule has 0 atom stereocenters. The topological polar surface area (TPSA) is 26.3 Å². The summed E-state index contributed by atoms with van der Waals surface area (Å²) in [7, 11) is 1.40. The first kappa shape index (κ1) is 12.1. The molecule has 0 spiro atoms. The summed E-state index contributed by atoms with van der Waals surface area (Å²) in [6.07, 6.45) is 0.625. The molecular weight excluding hydrogens is 212 g/mol. The van der Waals surface area contributed by atoms with Gasteiger partial charge in [-0.25, -0.2) is 0 Å². The molecule has 1 aromatic carbocycles. The summed E-state index contributed by atoms with van der Waals surface area (Å²) in [4.78, 5) is 11.5. The third-order valence-electron chi connectivity index (χ3n) is 2.27. The van der Waals surface area contributed by atoms with Crippen LogP contribution in [0.1, 0.15) is 19.4 Å². The molecule has 0 aliphatic heterocycles. The van der Waals surface area contributed by atoms with E-state index in [1.807, 2.05) is 38.1 Å². The number of ether oxygens (including phenoxy) is 1. The van der Waals surface area contributed by atoms with Crippen LogP contribution in [0.4, 0.5) is 0 Å². The van der Waals surface area contributed by atoms with Crippen LogP contribution in [0.3, 0.4) is 0 Å². The van der Waals surface area contributed by atoms with Crippen molar-refractivity contribution < 1.29 is 9.53 Å². The van der Waals surface area contributed by atoms with Crippen LogP contribution in [0, 0.1) is 5.41 Å². The van der Waals surface area contributed by atoms with E-state index >= 15 is 0 Å². The van der Waals surface area contributed by atoms with E-state index in [4.69, 9.17) is 16.3 Å². The second-order valence-electron chi connectivity index (χ2n) is 4.18. The monoisotopic (exact) mass is 226 g/mol. The van der Waals surface area contributed by atoms with Gasteiger partial charge in [0.1, 0.15) is 0 Å². The van der Waals surface area contributed by atoms with Crippen molar-refractivity contribution in [1.29, 1.82) is 0 Å². The second kappa shape index (κ2) is 4.67. The summed E-state index contributed by atoms with van der Waals surface area (Å²) in [5.41, 5.74) is 0.525. The van der Waals surface area contributed by atoms with Gasteiger partial charge in [0.25, 0.3) is 0 Å². The predicted molar refractivity (Wildman–Crippen MR) is 61.0 cm³/mol. The Balaban J connectivity index is 2.81. The largest absolute Gasteiger partial charge is 0.469 e. The zero-order chi connectivity index (χ0) is 11.5. The standard InChI is InChI=1S/C12H15ClO2/c1-12(2,11(14)15-3)8-9-5-4-6-10(13)7-9/h4-7H,8H2,1-3H3. The molecule has 0 aromatic heterocycles. The fourth-order valence-corrected chi connectivity index (χ4v) is 1.72. The Morgan fingerprint density at radius 2 is 2.13 bits per heavy atom. The molecule has 0 aliphatic rings. The Morgan fingerprint density at radius 3 is 2.67 bits per heavy atom. The molecule has 0 radical (unpaired) electrons. The first-order chi connectivity index (χ1) is 6.95. The van der Waals surface area contributed by atoms with Gasteiger partial charge in [-0.3, -0.25) is 4.79 Å². The molecule has 0 heterocycles. The SMILES string of the molecule is COC(=O)C(C)(C)Cc1cccc(Cl)c1. The van der Waals surface area contributed by atoms with Crippen LogP contribution in [-0.4, -0.2) is 13.1 Å². The van der Waals surface area contributed by atoms with Gasteiger partial charge in [-0.15, -0.1) is 0 Å². The number of rotatable bonds is 3. The Morgan fingerprint density at radius 1 is 1.47 bits per heavy atom. The minimum Gasteiger partial charge on any atom is -0.469 e. The van der Waals surface area contributed by atoms with Crippen molar-refractivity contribution in [2.24, 2.45) is 5.41 Å². The van der Waals surface area contributed by atoms with Gasteiger partial charge in [0.2, 0.25) is 0 Å². The summed E-state index contributed by atoms with van der Waals surface area (Å²) < 4.78 is 4.75. The number of hydrogen-bond donors (Lipinski definition) is 0. The second-order valence-corrected chi connectivity index (χ2v) is 4.62. The molecule has 0 saturated carbocycles. The van der Waals surface area contributed by atoms with E-state index in [9.17, 15) is 4.79 Å². The van der Waals surface area contributed by atoms with Crippen molar-refractivity contribution in [3.05, 3.63) is 34.9 Å². The fraction of sp³-hybridized carbons (Fsp3) is 0.417. The third-order valence-corrected chi connectivity index (χ3v) is 2.51. The van der Waals surface area contributed by atoms with Gasteiger partial charge in [0, 0.05) is 5.02 Å². The van der Waals surface area contributed by atoms with E-state index in [1.54, 1.807) is 0 Å². The normalized spacial score (nSPS) is 11.2. The summed E-state index contributed by atoms with van der Waals surface area (Å²) in [6.45, 7) is 3.72. The lowest BCUT2D eigenvalue weighted by Gasteiger charge is -2.21. The van der Waals surface area contributed by atoms with Gasteiger partial charge in [-0.2, -0.15) is 0 Å². The van der Waals surface area contributed by atoms with Crippen molar-refractivity contribution in [1.82, 2.24) is 0 Å². The number of esters is 1. The van der Waals surface area contributed by atoms with Crippen LogP contribution in [0.15, 0.2) is 24.3 Å². The first-order valence-corrected chi connectivity index (χ1v) is 5.16. The maximum absolute atomic E-state index is 11.5. The third kappa shape index (κ3) is 3.24. The lowest BCUT2D eigenvalue weighted by Crippen LogP contribution is -2.27. The number of carbonyl (C=O) groups is 1. The van der Waals surface area contributed by atoms with Gasteiger partial charge in [0.15, 0.2) is 0 Å². The molecule has 2 nitrogen and oxygen atoms in total. The predicted octanol–water partition coefficient (Wildman–Crippen LogP) is 3.08. The van der Waals surface area contributed by atoms with E-state index in [1.165, 1.54) is 7.11 Å². The molecule has 0 N–H and O–H groups in total. The first-order valence-electron chi connectivity index (χ1n) is 4.78. The molecule has 0 fully saturated rings. The van der Waals surface area contributed by atoms with Crippen LogP contribution >= 0.6 is 11.6 Å². The zero-order valence-electron chi connectivity index (χ0n) is 9.21. The molecule has 3 heteroatoms. The van der Waals surface area contributed by atoms with Gasteiger partial charge in [-0.05, 0) is 38.0 Å². The van der Waals surface area contributed by atoms with Crippen LogP contribution in [0.5, 0.6) is 0 Å². The van der Waals surface area contributed by atoms with E-state index in [-0.39, 0.29) is 5.97 Å². The van der Waals surface area contributed by atoms with Crippen molar-refractivity contribution in [3.63, 3.8) is 0 Å². The number of carbonyl (C=O) groups excluding carboxylic acids is 1. The summed E-state index contributed by atoms with van der Waals surface area (Å²) in [5.74, 6) is -0.206. The van der Waals surface area contributed by atoms with Crippen LogP contribution in [0.2, 0.25) is 5.02 Å². The number of hydrogen-bond acceptors (Lipinski definition) is 2. The number of benzene rings is 1. The average molecular weight is 227 g/mol. The zero-order valence-corrected chi connectivity index (χ0v) is 9.97. The van der Waals surface area contributed by atoms with Crippen molar-refractivity contribution >= 4 is 17.6 Å². The van der Waals surface area contributed by atoms with E-state index in [2.05, 4.69) is 0 Å². The molecule has 0 bridgehead atoms. The van der Waals surface area contributed by atoms with Gasteiger partial charge < -0.3 is 4.74 Å². The van der Waals surface area contributed by atoms with Crippen molar-refractivity contribution in [2.75, 3.05) is 7.11 Å². The molecule has 0 aliphatic carbocycles. The Kier molecular flexibility index (Phi) is 3.75. The lowest BCUT2D eigenvalue weighted by molar-refractivity contribution is -0.150. The maximum atomic E-state index is 11.5. The molecule has 1 rings (SSSR count). The van der Waals surface area contributed by atoms with Gasteiger partial charge in [-0.1, -0.05) is 23.7 Å². The Labute approximate surface area is 95.2 Å². The maximum Gasteiger partial charge on any atom is 0.311 e. The number of halogens is 1. The lowest BCUT2D eigenvalue weighted by atomic mass is 9.86. The summed E-state index contributed by atoms with van der Waals surface area (Å²) in [5, 5.41) is 0.688. The van der Waals surface area contributed by atoms with Crippen molar-refractivity contribution in [3.8, 4) is 0 Å². The highest BCUT2D eigenvalue weighted by atomic mass is 35.5. The van der Waals surface area contributed by atoms with Gasteiger partial charge in [0.05, 0.1) is 12.5 Å². The van der Waals surface area contributed by atoms with E-state index in [0.29, 0.717) is 11.4 Å². The quantitative estimate of drug-likeness (QED) is 0.741. The molecule has 0 saturated heterocycles. The molecule has 1 aromatic rings. The molecule has 15 heavy (non-hydrogen) atoms. The highest BCUT2D eigenvalue weighted by molar-refractivity contribution is 6.30. The summed E-state index contributed by atoms with van der Waals surface area (Å²) >= 11 is 5.87. The minimum absolute atomic E-state index is 0.206. The van der Waals surface area contributed by atoms with Crippen molar-refractivity contribution in [2.45, 2.75) is 20.3 Å². The Bertz CT molecular complexity index is 358. The van der Waals surface area contributed by atoms with Crippen LogP contribution < -0.4 is 0 Å². The molecular formula is C12H15ClO2. The van der Waals surface area contributed by atoms with Crippen LogP contribution in [0.25, 0.3) is 0 Å². The average Bonchev–Trinajstić information content (AvgIpc) is 2.15. The summed E-state index contributed by atoms with van der Waals surface area (Å²) in [6, 6.07) is 7.52. The molecule has 82 valence electrons. The highest BCUT2D eigenvalue weighted by Gasteiger charge is 2.28. The van der Waals surface area contributed by atoms with E-state index in [0.717, 1.165) is 5.56 Å². The highest BCUT2D eigenvalue weighted by Crippen LogP contribution is 2.24. The van der Waals surface area contributed by atoms with E-state index < -0.39 is 5.41 Å². The Hall–Kier alpha value is -1.02. The molecule has 0 amide bonds. The smallest absolute Gasteiger partial charge is 0.311 e. The number of methoxy groups -OCH3 is 1. The van der Waals surface area contributed by atoms with Gasteiger partial charge >= 0.3 is 5.97 Å².